The standard InChI is InChI=1S/C39H66O30/c1-55-31-22(52)37-61-14(8-44)29(31)68-39-24(54)33(57-3)30(15(9-45)63-39)69-38-23(53)32(56-2)28(13(7-43)62-38)67-36-21(51)18(48)26(11(5-41)60-36)65-34-19(49)16(46)25(10(4-40)58-34)64-35-20(50)17(47)27(66-37)12(6-42)59-35/h10-54H,4-9H2,1-3H3/t10-,11-,12-,13-,14-,15-,16-,17-,18-,19-,20-,21-,22-,23-,24-,25-,26-,27-,28+,29+,30+,31-,32-,33-,34-,35-,36-,37-,38-,39-/m1/s1. The van der Waals surface area contributed by atoms with Crippen molar-refractivity contribution in [3.05, 3.63) is 0 Å². The van der Waals surface area contributed by atoms with Crippen molar-refractivity contribution in [2.45, 2.75) is 184 Å². The van der Waals surface area contributed by atoms with Crippen LogP contribution < -0.4 is 0 Å². The lowest BCUT2D eigenvalue weighted by molar-refractivity contribution is -0.405. The molecule has 0 saturated carbocycles. The summed E-state index contributed by atoms with van der Waals surface area (Å²) in [6, 6.07) is 0. The Morgan fingerprint density at radius 1 is 0.246 bits per heavy atom. The van der Waals surface area contributed by atoms with Gasteiger partial charge in [0, 0.05) is 21.3 Å². The molecule has 0 spiro atoms. The van der Waals surface area contributed by atoms with Gasteiger partial charge in [0.2, 0.25) is 0 Å². The van der Waals surface area contributed by atoms with Gasteiger partial charge < -0.3 is 148 Å². The van der Waals surface area contributed by atoms with Crippen molar-refractivity contribution in [2.24, 2.45) is 0 Å². The molecule has 30 heteroatoms. The molecule has 30 atom stereocenters. The highest BCUT2D eigenvalue weighted by molar-refractivity contribution is 5.01. The lowest BCUT2D eigenvalue weighted by Crippen LogP contribution is -2.69. The molecule has 0 aromatic rings. The number of rotatable bonds is 9. The van der Waals surface area contributed by atoms with Crippen molar-refractivity contribution >= 4 is 0 Å². The van der Waals surface area contributed by atoms with Crippen molar-refractivity contribution in [2.75, 3.05) is 61.0 Å². The van der Waals surface area contributed by atoms with E-state index in [2.05, 4.69) is 0 Å². The number of aliphatic hydroxyl groups is 15. The molecule has 0 unspecified atom stereocenters. The van der Waals surface area contributed by atoms with E-state index in [-0.39, 0.29) is 0 Å². The molecule has 69 heavy (non-hydrogen) atoms. The van der Waals surface area contributed by atoms with Crippen LogP contribution in [0.15, 0.2) is 0 Å². The molecule has 22 saturated heterocycles. The fraction of sp³-hybridized carbons (Fsp3) is 1.00. The van der Waals surface area contributed by atoms with Gasteiger partial charge in [-0.1, -0.05) is 0 Å². The molecule has 0 aromatic heterocycles. The largest absolute Gasteiger partial charge is 0.394 e. The van der Waals surface area contributed by atoms with E-state index >= 15 is 0 Å². The third-order valence-electron chi connectivity index (χ3n) is 13.4. The summed E-state index contributed by atoms with van der Waals surface area (Å²) in [5, 5.41) is 165. The highest BCUT2D eigenvalue weighted by atomic mass is 16.8. The summed E-state index contributed by atoms with van der Waals surface area (Å²) in [6.07, 6.45) is -52.8. The molecule has 0 aromatic carbocycles. The van der Waals surface area contributed by atoms with Gasteiger partial charge in [-0.05, 0) is 0 Å². The molecule has 30 nitrogen and oxygen atoms in total. The van der Waals surface area contributed by atoms with Gasteiger partial charge in [-0.15, -0.1) is 0 Å². The second-order valence-corrected chi connectivity index (χ2v) is 17.5. The van der Waals surface area contributed by atoms with Crippen molar-refractivity contribution in [3.63, 3.8) is 0 Å². The summed E-state index contributed by atoms with van der Waals surface area (Å²) in [5.74, 6) is 0. The van der Waals surface area contributed by atoms with Crippen LogP contribution in [0.4, 0.5) is 0 Å². The first-order valence-corrected chi connectivity index (χ1v) is 22.3. The summed E-state index contributed by atoms with van der Waals surface area (Å²) in [4.78, 5) is 0. The highest BCUT2D eigenvalue weighted by Crippen LogP contribution is 2.39. The Labute approximate surface area is 392 Å². The van der Waals surface area contributed by atoms with Gasteiger partial charge in [-0.2, -0.15) is 0 Å². The van der Waals surface area contributed by atoms with E-state index in [0.717, 1.165) is 21.3 Å². The zero-order valence-electron chi connectivity index (χ0n) is 37.4. The first-order chi connectivity index (χ1) is 33.0. The quantitative estimate of drug-likeness (QED) is 0.102. The van der Waals surface area contributed by atoms with Crippen LogP contribution in [0.25, 0.3) is 0 Å². The predicted octanol–water partition coefficient (Wildman–Crippen LogP) is -11.1. The molecule has 22 heterocycles. The SMILES string of the molecule is CO[C@@H]1[C@@H](O)[C@H]2O[C@@H]3[C@H](OC)[C@@H](O)[C@@H](O[C@@H]4[C@H](OC)[C@@H](O)[C@@H](O[C@H]5[C@H](O)[C@@H](O)[C@@H](O[C@H]6[C@H](O)[C@@H](O)[C@@H](O[C@H]7[C@H](O)[C@@H](O)[C@@H](O[C@H]1[C@@H](CO)O2)O[C@@H]7CO)O[C@@H]6CO)O[C@@H]5CO)O[C@@H]4CO)O[C@@H]3CO. The normalized spacial score (nSPS) is 53.5. The summed E-state index contributed by atoms with van der Waals surface area (Å²) >= 11 is 0. The van der Waals surface area contributed by atoms with Crippen LogP contribution in [0.2, 0.25) is 0 Å². The molecule has 0 radical (unpaired) electrons. The maximum atomic E-state index is 11.6. The Bertz CT molecular complexity index is 1560. The summed E-state index contributed by atoms with van der Waals surface area (Å²) in [5.41, 5.74) is 0. The molecule has 22 aliphatic rings. The minimum absolute atomic E-state index is 0.847. The van der Waals surface area contributed by atoms with Gasteiger partial charge in [0.1, 0.15) is 146 Å². The van der Waals surface area contributed by atoms with Crippen LogP contribution in [0.1, 0.15) is 0 Å². The van der Waals surface area contributed by atoms with Gasteiger partial charge >= 0.3 is 0 Å². The first kappa shape index (κ1) is 55.5. The van der Waals surface area contributed by atoms with Crippen LogP contribution in [-0.4, -0.2) is 322 Å². The molecular weight excluding hydrogens is 948 g/mol. The Morgan fingerprint density at radius 2 is 0.420 bits per heavy atom. The van der Waals surface area contributed by atoms with Crippen LogP contribution in [-0.2, 0) is 71.1 Å². The Balaban J connectivity index is 1.22. The maximum absolute atomic E-state index is 11.6. The Hall–Kier alpha value is -1.20. The molecular formula is C39H66O30. The molecule has 22 rings (SSSR count). The second kappa shape index (κ2) is 24.0. The monoisotopic (exact) mass is 1010 g/mol. The summed E-state index contributed by atoms with van der Waals surface area (Å²) in [7, 11) is 3.45. The van der Waals surface area contributed by atoms with Crippen LogP contribution in [0.3, 0.4) is 0 Å². The molecule has 22 aliphatic heterocycles. The van der Waals surface area contributed by atoms with E-state index in [1.165, 1.54) is 0 Å². The van der Waals surface area contributed by atoms with E-state index in [4.69, 9.17) is 71.1 Å². The number of hydrogen-bond acceptors (Lipinski definition) is 30. The molecule has 15 N–H and O–H groups in total. The van der Waals surface area contributed by atoms with Gasteiger partial charge in [-0.25, -0.2) is 0 Å². The van der Waals surface area contributed by atoms with E-state index in [1.807, 2.05) is 0 Å². The predicted molar refractivity (Wildman–Crippen MR) is 210 cm³/mol. The first-order valence-electron chi connectivity index (χ1n) is 22.3. The van der Waals surface area contributed by atoms with E-state index in [0.29, 0.717) is 0 Å². The van der Waals surface area contributed by atoms with E-state index < -0.39 is 224 Å². The van der Waals surface area contributed by atoms with Crippen molar-refractivity contribution in [3.8, 4) is 0 Å². The lowest BCUT2D eigenvalue weighted by atomic mass is 9.94. The van der Waals surface area contributed by atoms with Crippen LogP contribution in [0.5, 0.6) is 0 Å². The highest BCUT2D eigenvalue weighted by Gasteiger charge is 2.59. The minimum Gasteiger partial charge on any atom is -0.394 e. The fourth-order valence-electron chi connectivity index (χ4n) is 9.70. The van der Waals surface area contributed by atoms with Gasteiger partial charge in [0.05, 0.1) is 39.6 Å². The van der Waals surface area contributed by atoms with Crippen LogP contribution >= 0.6 is 0 Å². The second-order valence-electron chi connectivity index (χ2n) is 17.5. The van der Waals surface area contributed by atoms with Crippen molar-refractivity contribution in [1.82, 2.24) is 0 Å². The topological polar surface area (TPSA) is 442 Å². The van der Waals surface area contributed by atoms with Gasteiger partial charge in [0.15, 0.2) is 37.7 Å². The molecule has 12 bridgehead atoms. The number of aliphatic hydroxyl groups excluding tert-OH is 15. The molecule has 0 amide bonds. The number of hydrogen-bond donors (Lipinski definition) is 15. The van der Waals surface area contributed by atoms with E-state index in [1.54, 1.807) is 0 Å². The van der Waals surface area contributed by atoms with Crippen molar-refractivity contribution in [1.29, 1.82) is 0 Å². The average molecular weight is 1010 g/mol. The lowest BCUT2D eigenvalue weighted by Gasteiger charge is -2.51. The van der Waals surface area contributed by atoms with Gasteiger partial charge in [0.25, 0.3) is 0 Å². The molecule has 22 fully saturated rings. The number of ether oxygens (including phenoxy) is 15. The molecule has 0 aliphatic carbocycles. The summed E-state index contributed by atoms with van der Waals surface area (Å²) < 4.78 is 87.0. The number of methoxy groups -OCH3 is 3. The average Bonchev–Trinajstić information content (AvgIpc) is 3.34. The zero-order valence-corrected chi connectivity index (χ0v) is 37.4. The van der Waals surface area contributed by atoms with E-state index in [9.17, 15) is 76.6 Å². The van der Waals surface area contributed by atoms with Gasteiger partial charge in [-0.3, -0.25) is 0 Å². The minimum atomic E-state index is -2.11. The maximum Gasteiger partial charge on any atom is 0.187 e. The fourth-order valence-corrected chi connectivity index (χ4v) is 9.70. The smallest absolute Gasteiger partial charge is 0.187 e. The zero-order chi connectivity index (χ0) is 50.2. The summed E-state index contributed by atoms with van der Waals surface area (Å²) in [6.45, 7) is -5.45. The third-order valence-corrected chi connectivity index (χ3v) is 13.4. The van der Waals surface area contributed by atoms with Crippen LogP contribution in [0, 0.1) is 0 Å². The third kappa shape index (κ3) is 10.8. The Kier molecular flexibility index (Phi) is 19.3. The molecule has 402 valence electrons. The van der Waals surface area contributed by atoms with Crippen molar-refractivity contribution < 1.29 is 148 Å². The Morgan fingerprint density at radius 3 is 0.609 bits per heavy atom.